The van der Waals surface area contributed by atoms with Gasteiger partial charge < -0.3 is 15.0 Å². The Morgan fingerprint density at radius 1 is 1.06 bits per heavy atom. The highest BCUT2D eigenvalue weighted by Gasteiger charge is 2.25. The number of urea groups is 1. The van der Waals surface area contributed by atoms with Crippen LogP contribution in [0.5, 0.6) is 5.75 Å². The first-order chi connectivity index (χ1) is 15.1. The molecule has 1 aliphatic heterocycles. The molecule has 0 aliphatic carbocycles. The summed E-state index contributed by atoms with van der Waals surface area (Å²) in [4.78, 5) is 14.6. The first kappa shape index (κ1) is 24.1. The second kappa shape index (κ2) is 9.92. The average molecular weight is 460 g/mol. The Labute approximate surface area is 191 Å². The molecule has 1 heterocycles. The number of hydrogen-bond donors (Lipinski definition) is 2. The van der Waals surface area contributed by atoms with Gasteiger partial charge in [-0.15, -0.1) is 0 Å². The molecule has 8 heteroatoms. The maximum absolute atomic E-state index is 12.7. The van der Waals surface area contributed by atoms with Gasteiger partial charge in [0.2, 0.25) is 10.0 Å². The molecule has 0 radical (unpaired) electrons. The summed E-state index contributed by atoms with van der Waals surface area (Å²) in [6.07, 6.45) is 1.48. The van der Waals surface area contributed by atoms with Gasteiger partial charge in [0, 0.05) is 19.6 Å². The molecule has 1 fully saturated rings. The van der Waals surface area contributed by atoms with Crippen LogP contribution in [0, 0.1) is 5.92 Å². The Bertz CT molecular complexity index is 1020. The molecule has 7 nitrogen and oxygen atoms in total. The van der Waals surface area contributed by atoms with Crippen LogP contribution in [0.25, 0.3) is 0 Å². The number of rotatable bonds is 6. The van der Waals surface area contributed by atoms with Gasteiger partial charge in [0.25, 0.3) is 0 Å². The lowest BCUT2D eigenvalue weighted by Gasteiger charge is -2.32. The summed E-state index contributed by atoms with van der Waals surface area (Å²) in [6, 6.07) is 14.2. The van der Waals surface area contributed by atoms with E-state index >= 15 is 0 Å². The van der Waals surface area contributed by atoms with E-state index in [-0.39, 0.29) is 22.3 Å². The number of benzene rings is 2. The fourth-order valence-corrected chi connectivity index (χ4v) is 4.84. The minimum absolute atomic E-state index is 0.0262. The number of sulfonamides is 1. The summed E-state index contributed by atoms with van der Waals surface area (Å²) >= 11 is 0. The number of amides is 2. The van der Waals surface area contributed by atoms with E-state index in [1.807, 2.05) is 24.3 Å². The Morgan fingerprint density at radius 3 is 2.28 bits per heavy atom. The van der Waals surface area contributed by atoms with Gasteiger partial charge in [-0.2, -0.15) is 0 Å². The van der Waals surface area contributed by atoms with Crippen LogP contribution >= 0.6 is 0 Å². The number of piperidine rings is 1. The second-order valence-electron chi connectivity index (χ2n) is 9.19. The van der Waals surface area contributed by atoms with Gasteiger partial charge >= 0.3 is 6.03 Å². The molecule has 2 aromatic carbocycles. The predicted octanol–water partition coefficient (Wildman–Crippen LogP) is 4.22. The maximum atomic E-state index is 12.7. The maximum Gasteiger partial charge on any atom is 0.321 e. The zero-order valence-corrected chi connectivity index (χ0v) is 20.0. The van der Waals surface area contributed by atoms with Crippen molar-refractivity contribution in [3.63, 3.8) is 0 Å². The first-order valence-corrected chi connectivity index (χ1v) is 12.4. The van der Waals surface area contributed by atoms with Gasteiger partial charge in [-0.05, 0) is 54.0 Å². The van der Waals surface area contributed by atoms with Crippen LogP contribution in [-0.2, 0) is 15.4 Å². The molecular weight excluding hydrogens is 426 g/mol. The molecule has 0 saturated carbocycles. The van der Waals surface area contributed by atoms with Gasteiger partial charge in [-0.1, -0.05) is 45.0 Å². The normalized spacial score (nSPS) is 15.4. The van der Waals surface area contributed by atoms with Crippen molar-refractivity contribution < 1.29 is 17.9 Å². The third kappa shape index (κ3) is 6.01. The molecule has 1 aliphatic rings. The molecule has 174 valence electrons. The molecule has 0 unspecified atom stereocenters. The van der Waals surface area contributed by atoms with E-state index in [4.69, 9.17) is 4.74 Å². The number of hydrogen-bond acceptors (Lipinski definition) is 4. The fraction of sp³-hybridized carbons (Fsp3) is 0.458. The number of para-hydroxylation sites is 2. The molecule has 2 N–H and O–H groups in total. The van der Waals surface area contributed by atoms with Crippen molar-refractivity contribution in [1.29, 1.82) is 0 Å². The molecule has 1 saturated heterocycles. The average Bonchev–Trinajstić information content (AvgIpc) is 2.78. The summed E-state index contributed by atoms with van der Waals surface area (Å²) in [7, 11) is -1.99. The molecule has 2 aromatic rings. The van der Waals surface area contributed by atoms with Gasteiger partial charge in [0.1, 0.15) is 5.75 Å². The molecular formula is C24H33N3O4S. The zero-order valence-electron chi connectivity index (χ0n) is 19.2. The smallest absolute Gasteiger partial charge is 0.321 e. The summed E-state index contributed by atoms with van der Waals surface area (Å²) in [5.41, 5.74) is 1.70. The number of methoxy groups -OCH3 is 1. The zero-order chi connectivity index (χ0) is 23.4. The topological polar surface area (TPSA) is 87.7 Å². The lowest BCUT2D eigenvalue weighted by Crippen LogP contribution is -2.43. The Balaban J connectivity index is 1.50. The summed E-state index contributed by atoms with van der Waals surface area (Å²) in [5.74, 6) is 0.801. The van der Waals surface area contributed by atoms with Gasteiger partial charge in [-0.3, -0.25) is 0 Å². The molecule has 32 heavy (non-hydrogen) atoms. The SMILES string of the molecule is COc1ccccc1NC(=O)N1CCC(CNS(=O)(=O)c2ccc(C(C)(C)C)cc2)CC1. The van der Waals surface area contributed by atoms with E-state index in [9.17, 15) is 13.2 Å². The van der Waals surface area contributed by atoms with Gasteiger partial charge in [0.15, 0.2) is 0 Å². The van der Waals surface area contributed by atoms with Crippen LogP contribution in [0.15, 0.2) is 53.4 Å². The minimum atomic E-state index is -3.56. The highest BCUT2D eigenvalue weighted by Crippen LogP contribution is 2.25. The van der Waals surface area contributed by atoms with Crippen molar-refractivity contribution in [3.8, 4) is 5.75 Å². The highest BCUT2D eigenvalue weighted by atomic mass is 32.2. The molecule has 2 amide bonds. The first-order valence-electron chi connectivity index (χ1n) is 10.9. The third-order valence-electron chi connectivity index (χ3n) is 5.84. The largest absolute Gasteiger partial charge is 0.495 e. The van der Waals surface area contributed by atoms with Crippen LogP contribution < -0.4 is 14.8 Å². The van der Waals surface area contributed by atoms with Crippen LogP contribution in [0.3, 0.4) is 0 Å². The van der Waals surface area contributed by atoms with E-state index in [1.54, 1.807) is 36.3 Å². The van der Waals surface area contributed by atoms with Crippen molar-refractivity contribution in [2.45, 2.75) is 43.9 Å². The van der Waals surface area contributed by atoms with Crippen molar-refractivity contribution in [1.82, 2.24) is 9.62 Å². The van der Waals surface area contributed by atoms with Crippen LogP contribution in [0.4, 0.5) is 10.5 Å². The summed E-state index contributed by atoms with van der Waals surface area (Å²) in [6.45, 7) is 7.81. The minimum Gasteiger partial charge on any atom is -0.495 e. The quantitative estimate of drug-likeness (QED) is 0.677. The number of anilines is 1. The second-order valence-corrected chi connectivity index (χ2v) is 11.0. The van der Waals surface area contributed by atoms with Crippen LogP contribution in [0.1, 0.15) is 39.2 Å². The van der Waals surface area contributed by atoms with E-state index in [1.165, 1.54) is 0 Å². The molecule has 0 spiro atoms. The van der Waals surface area contributed by atoms with Crippen molar-refractivity contribution in [2.75, 3.05) is 32.1 Å². The summed E-state index contributed by atoms with van der Waals surface area (Å²) < 4.78 is 33.4. The van der Waals surface area contributed by atoms with E-state index in [0.717, 1.165) is 18.4 Å². The van der Waals surface area contributed by atoms with E-state index in [2.05, 4.69) is 30.8 Å². The lowest BCUT2D eigenvalue weighted by atomic mass is 9.87. The van der Waals surface area contributed by atoms with Crippen molar-refractivity contribution in [3.05, 3.63) is 54.1 Å². The standard InChI is InChI=1S/C24H33N3O4S/c1-24(2,3)19-9-11-20(12-10-19)32(29,30)25-17-18-13-15-27(16-14-18)23(28)26-21-7-5-6-8-22(21)31-4/h5-12,18,25H,13-17H2,1-4H3,(H,26,28). The number of nitrogens with zero attached hydrogens (tertiary/aromatic N) is 1. The van der Waals surface area contributed by atoms with Crippen LogP contribution in [0.2, 0.25) is 0 Å². The Hall–Kier alpha value is -2.58. The molecule has 3 rings (SSSR count). The Morgan fingerprint density at radius 2 is 1.69 bits per heavy atom. The number of nitrogens with one attached hydrogen (secondary N) is 2. The molecule has 0 aromatic heterocycles. The molecule has 0 atom stereocenters. The number of carbonyl (C=O) groups excluding carboxylic acids is 1. The highest BCUT2D eigenvalue weighted by molar-refractivity contribution is 7.89. The van der Waals surface area contributed by atoms with E-state index in [0.29, 0.717) is 31.1 Å². The number of likely N-dealkylation sites (tertiary alicyclic amines) is 1. The predicted molar refractivity (Wildman–Crippen MR) is 127 cm³/mol. The fourth-order valence-electron chi connectivity index (χ4n) is 3.73. The van der Waals surface area contributed by atoms with Gasteiger partial charge in [-0.25, -0.2) is 17.9 Å². The summed E-state index contributed by atoms with van der Waals surface area (Å²) in [5, 5.41) is 2.89. The van der Waals surface area contributed by atoms with Crippen molar-refractivity contribution in [2.24, 2.45) is 5.92 Å². The number of ether oxygens (including phenoxy) is 1. The van der Waals surface area contributed by atoms with E-state index < -0.39 is 10.0 Å². The Kier molecular flexibility index (Phi) is 7.46. The van der Waals surface area contributed by atoms with Crippen molar-refractivity contribution >= 4 is 21.7 Å². The monoisotopic (exact) mass is 459 g/mol. The molecule has 0 bridgehead atoms. The van der Waals surface area contributed by atoms with Crippen LogP contribution in [-0.4, -0.2) is 46.1 Å². The number of carbonyl (C=O) groups is 1. The van der Waals surface area contributed by atoms with Gasteiger partial charge in [0.05, 0.1) is 17.7 Å². The third-order valence-corrected chi connectivity index (χ3v) is 7.28. The lowest BCUT2D eigenvalue weighted by molar-refractivity contribution is 0.183.